The van der Waals surface area contributed by atoms with E-state index in [4.69, 9.17) is 9.47 Å². The summed E-state index contributed by atoms with van der Waals surface area (Å²) in [6.45, 7) is 10.1. The first-order chi connectivity index (χ1) is 13.3. The molecule has 5 heteroatoms. The van der Waals surface area contributed by atoms with Crippen molar-refractivity contribution in [3.63, 3.8) is 0 Å². The number of methoxy groups -OCH3 is 1. The van der Waals surface area contributed by atoms with E-state index < -0.39 is 6.09 Å². The van der Waals surface area contributed by atoms with Gasteiger partial charge in [0.2, 0.25) is 0 Å². The highest BCUT2D eigenvalue weighted by Gasteiger charge is 2.34. The summed E-state index contributed by atoms with van der Waals surface area (Å²) in [6.07, 6.45) is -0.558. The van der Waals surface area contributed by atoms with Crippen molar-refractivity contribution in [3.8, 4) is 5.75 Å². The van der Waals surface area contributed by atoms with Crippen LogP contribution >= 0.6 is 0 Å². The van der Waals surface area contributed by atoms with Crippen molar-refractivity contribution >= 4 is 17.6 Å². The van der Waals surface area contributed by atoms with Crippen LogP contribution in [-0.4, -0.2) is 25.6 Å². The molecule has 1 aliphatic rings. The van der Waals surface area contributed by atoms with Crippen LogP contribution in [0.3, 0.4) is 0 Å². The van der Waals surface area contributed by atoms with Gasteiger partial charge in [-0.2, -0.15) is 0 Å². The van der Waals surface area contributed by atoms with E-state index in [1.807, 2.05) is 13.8 Å². The molecule has 5 nitrogen and oxygen atoms in total. The number of benzene rings is 2. The van der Waals surface area contributed by atoms with E-state index in [0.29, 0.717) is 35.1 Å². The van der Waals surface area contributed by atoms with E-state index in [2.05, 4.69) is 43.4 Å². The Morgan fingerprint density at radius 3 is 2.32 bits per heavy atom. The van der Waals surface area contributed by atoms with Crippen molar-refractivity contribution in [1.82, 2.24) is 0 Å². The molecule has 2 aromatic rings. The third-order valence-corrected chi connectivity index (χ3v) is 5.51. The van der Waals surface area contributed by atoms with Crippen molar-refractivity contribution in [2.75, 3.05) is 19.0 Å². The molecule has 0 aromatic heterocycles. The summed E-state index contributed by atoms with van der Waals surface area (Å²) in [6, 6.07) is 8.53. The summed E-state index contributed by atoms with van der Waals surface area (Å²) in [7, 11) is 1.32. The lowest BCUT2D eigenvalue weighted by Crippen LogP contribution is -2.16. The number of carbonyl (C=O) groups is 2. The van der Waals surface area contributed by atoms with Crippen LogP contribution in [0, 0.1) is 13.8 Å². The Kier molecular flexibility index (Phi) is 5.45. The minimum atomic E-state index is -0.558. The highest BCUT2D eigenvalue weighted by Crippen LogP contribution is 2.47. The van der Waals surface area contributed by atoms with Gasteiger partial charge >= 0.3 is 6.09 Å². The standard InChI is InChI=1S/C23H27NO4/c1-12(2)16-7-9-17(10-8-16)18-11-28-22-19(15(5)25)13(3)21(14(4)20(18)22)24-23(26)27-6/h7-10,12,18H,11H2,1-6H3,(H,24,26)/t18-/m1/s1. The summed E-state index contributed by atoms with van der Waals surface area (Å²) < 4.78 is 10.8. The molecule has 3 rings (SSSR count). The number of fused-ring (bicyclic) bond motifs is 1. The number of rotatable bonds is 4. The minimum absolute atomic E-state index is 0.00751. The summed E-state index contributed by atoms with van der Waals surface area (Å²) in [5, 5.41) is 2.78. The van der Waals surface area contributed by atoms with Gasteiger partial charge in [0, 0.05) is 11.5 Å². The summed E-state index contributed by atoms with van der Waals surface area (Å²) >= 11 is 0. The van der Waals surface area contributed by atoms with Crippen molar-refractivity contribution in [2.24, 2.45) is 0 Å². The summed E-state index contributed by atoms with van der Waals surface area (Å²) in [4.78, 5) is 24.3. The molecular weight excluding hydrogens is 354 g/mol. The topological polar surface area (TPSA) is 64.6 Å². The maximum Gasteiger partial charge on any atom is 0.411 e. The number of amides is 1. The van der Waals surface area contributed by atoms with Crippen LogP contribution < -0.4 is 10.1 Å². The van der Waals surface area contributed by atoms with Crippen LogP contribution in [0.15, 0.2) is 24.3 Å². The molecule has 1 aliphatic heterocycles. The third kappa shape index (κ3) is 3.37. The smallest absolute Gasteiger partial charge is 0.411 e. The van der Waals surface area contributed by atoms with E-state index in [1.165, 1.54) is 19.6 Å². The fraction of sp³-hybridized carbons (Fsp3) is 0.391. The van der Waals surface area contributed by atoms with Crippen LogP contribution in [-0.2, 0) is 4.74 Å². The second-order valence-electron chi connectivity index (χ2n) is 7.60. The Morgan fingerprint density at radius 2 is 1.79 bits per heavy atom. The molecule has 0 bridgehead atoms. The van der Waals surface area contributed by atoms with Crippen molar-refractivity contribution < 1.29 is 19.1 Å². The zero-order valence-electron chi connectivity index (χ0n) is 17.3. The average molecular weight is 381 g/mol. The van der Waals surface area contributed by atoms with Crippen LogP contribution in [0.25, 0.3) is 0 Å². The Hall–Kier alpha value is -2.82. The first kappa shape index (κ1) is 19.9. The monoisotopic (exact) mass is 381 g/mol. The second-order valence-corrected chi connectivity index (χ2v) is 7.60. The van der Waals surface area contributed by atoms with E-state index in [1.54, 1.807) is 0 Å². The van der Waals surface area contributed by atoms with Gasteiger partial charge in [-0.1, -0.05) is 38.1 Å². The lowest BCUT2D eigenvalue weighted by atomic mass is 9.85. The Bertz CT molecular complexity index is 929. The molecule has 28 heavy (non-hydrogen) atoms. The molecular formula is C23H27NO4. The molecule has 2 aromatic carbocycles. The van der Waals surface area contributed by atoms with Crippen LogP contribution in [0.2, 0.25) is 0 Å². The number of carbonyl (C=O) groups excluding carboxylic acids is 2. The molecule has 0 radical (unpaired) electrons. The molecule has 0 unspecified atom stereocenters. The molecule has 1 amide bonds. The SMILES string of the molecule is COC(=O)Nc1c(C)c(C(C)=O)c2c(c1C)[C@@H](c1ccc(C(C)C)cc1)CO2. The zero-order chi connectivity index (χ0) is 20.6. The van der Waals surface area contributed by atoms with Crippen LogP contribution in [0.4, 0.5) is 10.5 Å². The molecule has 0 saturated carbocycles. The van der Waals surface area contributed by atoms with Gasteiger partial charge in [0.25, 0.3) is 0 Å². The maximum absolute atomic E-state index is 12.4. The fourth-order valence-electron chi connectivity index (χ4n) is 3.98. The van der Waals surface area contributed by atoms with Gasteiger partial charge in [-0.05, 0) is 48.9 Å². The van der Waals surface area contributed by atoms with E-state index in [-0.39, 0.29) is 11.7 Å². The van der Waals surface area contributed by atoms with Crippen LogP contribution in [0.1, 0.15) is 70.8 Å². The van der Waals surface area contributed by atoms with Gasteiger partial charge in [-0.15, -0.1) is 0 Å². The van der Waals surface area contributed by atoms with Crippen LogP contribution in [0.5, 0.6) is 5.75 Å². The molecule has 0 spiro atoms. The van der Waals surface area contributed by atoms with Gasteiger partial charge in [0.15, 0.2) is 5.78 Å². The Labute approximate surface area is 166 Å². The van der Waals surface area contributed by atoms with E-state index in [0.717, 1.165) is 16.7 Å². The number of anilines is 1. The minimum Gasteiger partial charge on any atom is -0.491 e. The fourth-order valence-corrected chi connectivity index (χ4v) is 3.98. The summed E-state index contributed by atoms with van der Waals surface area (Å²) in [5.41, 5.74) is 6.11. The Balaban J connectivity index is 2.16. The van der Waals surface area contributed by atoms with Gasteiger partial charge in [-0.3, -0.25) is 10.1 Å². The predicted octanol–water partition coefficient (Wildman–Crippen LogP) is 5.33. The Morgan fingerprint density at radius 1 is 1.14 bits per heavy atom. The predicted molar refractivity (Wildman–Crippen MR) is 110 cm³/mol. The maximum atomic E-state index is 12.4. The van der Waals surface area contributed by atoms with Crippen molar-refractivity contribution in [1.29, 1.82) is 0 Å². The summed E-state index contributed by atoms with van der Waals surface area (Å²) in [5.74, 6) is 1.02. The van der Waals surface area contributed by atoms with E-state index in [9.17, 15) is 9.59 Å². The molecule has 0 aliphatic carbocycles. The molecule has 148 valence electrons. The van der Waals surface area contributed by atoms with Crippen molar-refractivity contribution in [3.05, 3.63) is 57.6 Å². The number of hydrogen-bond acceptors (Lipinski definition) is 4. The highest BCUT2D eigenvalue weighted by atomic mass is 16.5. The number of hydrogen-bond donors (Lipinski definition) is 1. The molecule has 1 N–H and O–H groups in total. The van der Waals surface area contributed by atoms with Crippen molar-refractivity contribution in [2.45, 2.75) is 46.5 Å². The molecule has 0 saturated heterocycles. The first-order valence-electron chi connectivity index (χ1n) is 9.51. The molecule has 1 heterocycles. The van der Waals surface area contributed by atoms with Gasteiger partial charge in [-0.25, -0.2) is 4.79 Å². The normalized spacial score (nSPS) is 15.2. The number of Topliss-reactive ketones (excluding diaryl/α,β-unsaturated/α-hetero) is 1. The third-order valence-electron chi connectivity index (χ3n) is 5.51. The lowest BCUT2D eigenvalue weighted by Gasteiger charge is -2.20. The molecule has 0 fully saturated rings. The van der Waals surface area contributed by atoms with Gasteiger partial charge in [0.05, 0.1) is 25.0 Å². The number of nitrogens with one attached hydrogen (secondary N) is 1. The lowest BCUT2D eigenvalue weighted by molar-refractivity contribution is 0.101. The number of ether oxygens (including phenoxy) is 2. The quantitative estimate of drug-likeness (QED) is 0.727. The van der Waals surface area contributed by atoms with Gasteiger partial charge in [0.1, 0.15) is 5.75 Å². The zero-order valence-corrected chi connectivity index (χ0v) is 17.3. The first-order valence-corrected chi connectivity index (χ1v) is 9.51. The van der Waals surface area contributed by atoms with E-state index >= 15 is 0 Å². The number of ketones is 1. The highest BCUT2D eigenvalue weighted by molar-refractivity contribution is 6.02. The molecule has 1 atom stereocenters. The second kappa shape index (κ2) is 7.66. The van der Waals surface area contributed by atoms with Gasteiger partial charge < -0.3 is 9.47 Å². The largest absolute Gasteiger partial charge is 0.491 e. The average Bonchev–Trinajstić information content (AvgIpc) is 3.09.